The van der Waals surface area contributed by atoms with Crippen LogP contribution in [0.15, 0.2) is 23.1 Å². The van der Waals surface area contributed by atoms with E-state index in [0.717, 1.165) is 11.3 Å². The van der Waals surface area contributed by atoms with Crippen LogP contribution < -0.4 is 10.5 Å². The van der Waals surface area contributed by atoms with Crippen LogP contribution in [0.4, 0.5) is 0 Å². The summed E-state index contributed by atoms with van der Waals surface area (Å²) in [5.74, 6) is 0. The van der Waals surface area contributed by atoms with Crippen molar-refractivity contribution in [1.29, 1.82) is 0 Å². The fourth-order valence-electron chi connectivity index (χ4n) is 0.924. The van der Waals surface area contributed by atoms with Crippen molar-refractivity contribution in [2.24, 2.45) is 5.73 Å². The van der Waals surface area contributed by atoms with E-state index in [2.05, 4.69) is 4.72 Å². The highest BCUT2D eigenvalue weighted by Crippen LogP contribution is 2.33. The first-order chi connectivity index (χ1) is 7.47. The monoisotopic (exact) mass is 300 g/mol. The fraction of sp³-hybridized carbons (Fsp3) is 0.250. The van der Waals surface area contributed by atoms with Crippen LogP contribution in [0, 0.1) is 0 Å². The average Bonchev–Trinajstić information content (AvgIpc) is 2.53. The summed E-state index contributed by atoms with van der Waals surface area (Å²) in [6, 6.07) is 1.32. The average molecular weight is 301 g/mol. The second-order valence-corrected chi connectivity index (χ2v) is 6.77. The van der Waals surface area contributed by atoms with E-state index in [1.165, 1.54) is 6.07 Å². The van der Waals surface area contributed by atoms with Gasteiger partial charge in [0.2, 0.25) is 10.0 Å². The molecule has 1 aromatic rings. The first-order valence-corrected chi connectivity index (χ1v) is 7.32. The highest BCUT2D eigenvalue weighted by molar-refractivity contribution is 7.89. The minimum absolute atomic E-state index is 0.00492. The topological polar surface area (TPSA) is 72.2 Å². The molecule has 0 saturated heterocycles. The standard InChI is InChI=1S/C8H10Cl2N2O2S2/c9-7-5-6(8(10)15-7)16(13,14)12-4-2-1-3-11/h1-2,5,12H,3-4,11H2/b2-1+. The molecule has 0 spiro atoms. The summed E-state index contributed by atoms with van der Waals surface area (Å²) in [7, 11) is -3.60. The maximum atomic E-state index is 11.7. The third-order valence-corrected chi connectivity index (χ3v) is 4.79. The van der Waals surface area contributed by atoms with Crippen molar-refractivity contribution in [3.05, 3.63) is 26.9 Å². The summed E-state index contributed by atoms with van der Waals surface area (Å²) in [5.41, 5.74) is 5.22. The van der Waals surface area contributed by atoms with Crippen LogP contribution >= 0.6 is 34.5 Å². The van der Waals surface area contributed by atoms with Crippen LogP contribution in [0.3, 0.4) is 0 Å². The third kappa shape index (κ3) is 3.73. The first-order valence-electron chi connectivity index (χ1n) is 4.27. The van der Waals surface area contributed by atoms with Gasteiger partial charge in [-0.3, -0.25) is 0 Å². The van der Waals surface area contributed by atoms with Crippen molar-refractivity contribution < 1.29 is 8.42 Å². The Bertz CT molecular complexity index is 482. The summed E-state index contributed by atoms with van der Waals surface area (Å²) in [6.07, 6.45) is 3.28. The number of halogens is 2. The number of hydrogen-bond donors (Lipinski definition) is 2. The van der Waals surface area contributed by atoms with Gasteiger partial charge < -0.3 is 5.73 Å². The predicted octanol–water partition coefficient (Wildman–Crippen LogP) is 1.85. The molecule has 1 heterocycles. The van der Waals surface area contributed by atoms with Gasteiger partial charge in [0, 0.05) is 13.1 Å². The van der Waals surface area contributed by atoms with Crippen LogP contribution in [0.5, 0.6) is 0 Å². The van der Waals surface area contributed by atoms with Crippen molar-refractivity contribution in [3.63, 3.8) is 0 Å². The van der Waals surface area contributed by atoms with E-state index in [0.29, 0.717) is 10.9 Å². The number of rotatable bonds is 5. The number of nitrogens with two attached hydrogens (primary N) is 1. The van der Waals surface area contributed by atoms with Crippen molar-refractivity contribution in [2.75, 3.05) is 13.1 Å². The summed E-state index contributed by atoms with van der Waals surface area (Å²) in [6.45, 7) is 0.538. The number of thiophene rings is 1. The largest absolute Gasteiger partial charge is 0.327 e. The molecular weight excluding hydrogens is 291 g/mol. The SMILES string of the molecule is NC/C=C/CNS(=O)(=O)c1cc(Cl)sc1Cl. The van der Waals surface area contributed by atoms with E-state index in [1.807, 2.05) is 0 Å². The van der Waals surface area contributed by atoms with E-state index in [-0.39, 0.29) is 15.8 Å². The molecule has 0 radical (unpaired) electrons. The minimum atomic E-state index is -3.60. The molecule has 0 fully saturated rings. The Hall–Kier alpha value is -0.110. The van der Waals surface area contributed by atoms with Gasteiger partial charge in [-0.25, -0.2) is 13.1 Å². The van der Waals surface area contributed by atoms with Crippen molar-refractivity contribution in [1.82, 2.24) is 4.72 Å². The fourth-order valence-corrected chi connectivity index (χ4v) is 4.05. The number of hydrogen-bond acceptors (Lipinski definition) is 4. The minimum Gasteiger partial charge on any atom is -0.327 e. The Morgan fingerprint density at radius 3 is 2.62 bits per heavy atom. The molecule has 0 aromatic carbocycles. The van der Waals surface area contributed by atoms with E-state index in [1.54, 1.807) is 12.2 Å². The van der Waals surface area contributed by atoms with Gasteiger partial charge in [0.05, 0.1) is 4.34 Å². The first kappa shape index (κ1) is 14.0. The molecule has 16 heavy (non-hydrogen) atoms. The van der Waals surface area contributed by atoms with E-state index in [4.69, 9.17) is 28.9 Å². The zero-order valence-electron chi connectivity index (χ0n) is 8.11. The summed E-state index contributed by atoms with van der Waals surface area (Å²) in [5, 5.41) is 0. The summed E-state index contributed by atoms with van der Waals surface area (Å²) < 4.78 is 26.3. The molecule has 0 unspecified atom stereocenters. The second kappa shape index (κ2) is 6.00. The molecule has 0 atom stereocenters. The predicted molar refractivity (Wildman–Crippen MR) is 67.7 cm³/mol. The number of sulfonamides is 1. The van der Waals surface area contributed by atoms with Crippen molar-refractivity contribution in [3.8, 4) is 0 Å². The van der Waals surface area contributed by atoms with Crippen molar-refractivity contribution in [2.45, 2.75) is 4.90 Å². The molecule has 3 N–H and O–H groups in total. The van der Waals surface area contributed by atoms with Gasteiger partial charge in [0.1, 0.15) is 9.23 Å². The molecule has 0 aliphatic carbocycles. The molecule has 0 aliphatic heterocycles. The van der Waals surface area contributed by atoms with Gasteiger partial charge in [-0.05, 0) is 6.07 Å². The van der Waals surface area contributed by atoms with Gasteiger partial charge in [-0.1, -0.05) is 35.4 Å². The molecule has 0 saturated carbocycles. The lowest BCUT2D eigenvalue weighted by Crippen LogP contribution is -2.23. The third-order valence-electron chi connectivity index (χ3n) is 1.61. The highest BCUT2D eigenvalue weighted by atomic mass is 35.5. The van der Waals surface area contributed by atoms with Gasteiger partial charge in [0.25, 0.3) is 0 Å². The lowest BCUT2D eigenvalue weighted by molar-refractivity contribution is 0.586. The molecule has 4 nitrogen and oxygen atoms in total. The molecule has 1 rings (SSSR count). The lowest BCUT2D eigenvalue weighted by atomic mass is 10.5. The van der Waals surface area contributed by atoms with Gasteiger partial charge in [0.15, 0.2) is 0 Å². The zero-order valence-corrected chi connectivity index (χ0v) is 11.3. The quantitative estimate of drug-likeness (QED) is 0.815. The zero-order chi connectivity index (χ0) is 12.2. The molecule has 90 valence electrons. The molecule has 0 amide bonds. The normalized spacial score (nSPS) is 12.4. The van der Waals surface area contributed by atoms with Gasteiger partial charge in [-0.2, -0.15) is 0 Å². The van der Waals surface area contributed by atoms with Crippen LogP contribution in [-0.2, 0) is 10.0 Å². The molecule has 0 bridgehead atoms. The summed E-state index contributed by atoms with van der Waals surface area (Å²) >= 11 is 12.4. The Labute approximate surface area is 108 Å². The Balaban J connectivity index is 2.78. The van der Waals surface area contributed by atoms with Crippen molar-refractivity contribution >= 4 is 44.6 Å². The van der Waals surface area contributed by atoms with Gasteiger partial charge >= 0.3 is 0 Å². The molecule has 1 aromatic heterocycles. The van der Waals surface area contributed by atoms with Crippen LogP contribution in [-0.4, -0.2) is 21.5 Å². The highest BCUT2D eigenvalue weighted by Gasteiger charge is 2.19. The second-order valence-electron chi connectivity index (χ2n) is 2.75. The maximum Gasteiger partial charge on any atom is 0.243 e. The van der Waals surface area contributed by atoms with E-state index >= 15 is 0 Å². The molecule has 0 aliphatic rings. The van der Waals surface area contributed by atoms with Crippen LogP contribution in [0.2, 0.25) is 8.67 Å². The smallest absolute Gasteiger partial charge is 0.243 e. The maximum absolute atomic E-state index is 11.7. The Morgan fingerprint density at radius 1 is 1.44 bits per heavy atom. The van der Waals surface area contributed by atoms with Gasteiger partial charge in [-0.15, -0.1) is 11.3 Å². The molecular formula is C8H10Cl2N2O2S2. The van der Waals surface area contributed by atoms with E-state index in [9.17, 15) is 8.42 Å². The summed E-state index contributed by atoms with van der Waals surface area (Å²) in [4.78, 5) is 0.00492. The number of nitrogens with one attached hydrogen (secondary N) is 1. The Morgan fingerprint density at radius 2 is 2.12 bits per heavy atom. The lowest BCUT2D eigenvalue weighted by Gasteiger charge is -2.02. The molecule has 8 heteroatoms. The van der Waals surface area contributed by atoms with Crippen LogP contribution in [0.25, 0.3) is 0 Å². The van der Waals surface area contributed by atoms with Crippen LogP contribution in [0.1, 0.15) is 0 Å². The van der Waals surface area contributed by atoms with E-state index < -0.39 is 10.0 Å². The Kier molecular flexibility index (Phi) is 5.23.